The minimum Gasteiger partial charge on any atom is -0.310 e. The Hall–Kier alpha value is -12.6. The summed E-state index contributed by atoms with van der Waals surface area (Å²) in [7, 11) is 0. The number of nitrogens with zero attached hydrogens (tertiary/aromatic N) is 2. The Bertz CT molecular complexity index is 6580. The molecule has 0 aromatic heterocycles. The zero-order valence-electron chi connectivity index (χ0n) is 72.1. The van der Waals surface area contributed by atoms with Gasteiger partial charge in [0.15, 0.2) is 0 Å². The molecule has 1 aliphatic carbocycles. The largest absolute Gasteiger partial charge is 0.310 e. The van der Waals surface area contributed by atoms with E-state index in [-0.39, 0.29) is 39.3 Å². The van der Waals surface area contributed by atoms with E-state index in [0.29, 0.717) is 5.56 Å². The van der Waals surface area contributed by atoms with E-state index in [0.717, 1.165) is 139 Å². The first-order valence-corrected chi connectivity index (χ1v) is 40.3. The smallest absolute Gasteiger partial charge is 0.252 e. The van der Waals surface area contributed by atoms with Gasteiger partial charge in [0, 0.05) is 45.0 Å². The molecule has 0 bridgehead atoms. The molecule has 0 saturated heterocycles. The molecule has 2 nitrogen and oxygen atoms in total. The first kappa shape index (κ1) is 66.1. The van der Waals surface area contributed by atoms with Gasteiger partial charge >= 0.3 is 0 Å². The maximum absolute atomic E-state index is 10.3. The van der Waals surface area contributed by atoms with Gasteiger partial charge in [-0.25, -0.2) is 0 Å². The molecule has 114 heavy (non-hydrogen) atoms. The van der Waals surface area contributed by atoms with Crippen LogP contribution in [0, 0.1) is 0 Å². The summed E-state index contributed by atoms with van der Waals surface area (Å²) < 4.78 is 49.1. The van der Waals surface area contributed by atoms with E-state index in [1.165, 1.54) is 44.3 Å². The number of hydrogen-bond donors (Lipinski definition) is 0. The van der Waals surface area contributed by atoms with Gasteiger partial charge in [0.2, 0.25) is 0 Å². The van der Waals surface area contributed by atoms with Gasteiger partial charge in [-0.05, 0) is 209 Å². The first-order chi connectivity index (χ1) is 57.2. The van der Waals surface area contributed by atoms with Crippen molar-refractivity contribution in [2.75, 3.05) is 9.80 Å². The average Bonchev–Trinajstić information content (AvgIpc) is 1.42. The van der Waals surface area contributed by atoms with Crippen molar-refractivity contribution in [3.8, 4) is 89.0 Å². The number of rotatable bonds is 11. The van der Waals surface area contributed by atoms with Crippen molar-refractivity contribution in [1.82, 2.24) is 0 Å². The lowest BCUT2D eigenvalue weighted by atomic mass is 9.33. The summed E-state index contributed by atoms with van der Waals surface area (Å²) >= 11 is 0. The van der Waals surface area contributed by atoms with E-state index in [1.54, 1.807) is 0 Å². The normalized spacial score (nSPS) is 14.9. The lowest BCUT2D eigenvalue weighted by molar-refractivity contribution is 0.569. The highest BCUT2D eigenvalue weighted by Crippen LogP contribution is 2.62. The van der Waals surface area contributed by atoms with Gasteiger partial charge < -0.3 is 9.80 Å². The SMILES string of the molecule is [2H]c1c([2H])c([2H])c(-c2cc3c4c(c2)N(c2c(-c5ccccc5)cc(C(C)(C)C)cc2-c2ccccc2)c2cc(-c5cccc6c5C(c5ccccc5)(c5cccc7ccccc57)c5ccccc5-6)ccc2B4c2ccc(-c4cc(C(C)(C)C)cc(C(C)(C)C)c4)cc2N3c2c(-c3ccccc3)cc(C(C)(C)C)cc2-c2ccccc2)c([2H])c1[2H]. The highest BCUT2D eigenvalue weighted by Gasteiger charge is 2.50. The van der Waals surface area contributed by atoms with Crippen molar-refractivity contribution >= 4 is 68.0 Å². The molecule has 552 valence electrons. The van der Waals surface area contributed by atoms with E-state index in [4.69, 9.17) is 0 Å². The average molecular weight is 1470 g/mol. The van der Waals surface area contributed by atoms with Crippen LogP contribution in [0.5, 0.6) is 0 Å². The molecule has 0 fully saturated rings. The second kappa shape index (κ2) is 27.4. The van der Waals surface area contributed by atoms with Gasteiger partial charge in [-0.15, -0.1) is 0 Å². The fourth-order valence-electron chi connectivity index (χ4n) is 18.6. The van der Waals surface area contributed by atoms with Crippen LogP contribution >= 0.6 is 0 Å². The third kappa shape index (κ3) is 12.0. The Labute approximate surface area is 681 Å². The predicted octanol–water partition coefficient (Wildman–Crippen LogP) is 28.1. The molecule has 16 aromatic carbocycles. The molecule has 16 aromatic rings. The van der Waals surface area contributed by atoms with Gasteiger partial charge in [-0.2, -0.15) is 0 Å². The Morgan fingerprint density at radius 1 is 0.272 bits per heavy atom. The highest BCUT2D eigenvalue weighted by atomic mass is 15.2. The molecule has 0 N–H and O–H groups in total. The fourth-order valence-corrected chi connectivity index (χ4v) is 18.6. The number of benzene rings is 16. The Balaban J connectivity index is 1.02. The summed E-state index contributed by atoms with van der Waals surface area (Å²) in [5.41, 5.74) is 31.5. The maximum Gasteiger partial charge on any atom is 0.252 e. The van der Waals surface area contributed by atoms with Crippen LogP contribution in [-0.4, -0.2) is 6.71 Å². The minimum absolute atomic E-state index is 0.105. The number of anilines is 6. The molecule has 1 unspecified atom stereocenters. The molecule has 19 rings (SSSR count). The van der Waals surface area contributed by atoms with Crippen LogP contribution in [0.25, 0.3) is 99.8 Å². The summed E-state index contributed by atoms with van der Waals surface area (Å²) in [6.45, 7) is 27.1. The quantitative estimate of drug-likeness (QED) is 0.119. The molecule has 2 aliphatic heterocycles. The van der Waals surface area contributed by atoms with Gasteiger partial charge in [-0.1, -0.05) is 392 Å². The van der Waals surface area contributed by atoms with E-state index < -0.39 is 30.3 Å². The molecule has 3 heteroatoms. The summed E-state index contributed by atoms with van der Waals surface area (Å²) in [5.74, 6) is 0. The van der Waals surface area contributed by atoms with E-state index in [1.807, 2.05) is 0 Å². The maximum atomic E-state index is 10.3. The molecule has 3 aliphatic rings. The van der Waals surface area contributed by atoms with Crippen molar-refractivity contribution in [3.63, 3.8) is 0 Å². The van der Waals surface area contributed by atoms with Crippen LogP contribution in [0.1, 0.15) is 134 Å². The lowest BCUT2D eigenvalue weighted by Crippen LogP contribution is -2.61. The number of hydrogen-bond acceptors (Lipinski definition) is 2. The summed E-state index contributed by atoms with van der Waals surface area (Å²) in [6.07, 6.45) is 0. The van der Waals surface area contributed by atoms with E-state index in [9.17, 15) is 6.85 Å². The predicted molar refractivity (Wildman–Crippen MR) is 488 cm³/mol. The van der Waals surface area contributed by atoms with E-state index >= 15 is 0 Å². The van der Waals surface area contributed by atoms with Crippen molar-refractivity contribution < 1.29 is 6.85 Å². The van der Waals surface area contributed by atoms with Crippen molar-refractivity contribution in [2.45, 2.75) is 110 Å². The summed E-state index contributed by atoms with van der Waals surface area (Å²) in [5, 5.41) is 2.34. The summed E-state index contributed by atoms with van der Waals surface area (Å²) in [6, 6.07) is 120. The molecular weight excluding hydrogens is 1370 g/mol. The third-order valence-corrected chi connectivity index (χ3v) is 24.4. The van der Waals surface area contributed by atoms with Crippen molar-refractivity contribution in [2.24, 2.45) is 0 Å². The molecular formula is C111H95BN2. The van der Waals surface area contributed by atoms with Crippen molar-refractivity contribution in [1.29, 1.82) is 0 Å². The van der Waals surface area contributed by atoms with Crippen LogP contribution in [0.4, 0.5) is 34.1 Å². The topological polar surface area (TPSA) is 6.48 Å². The van der Waals surface area contributed by atoms with Crippen molar-refractivity contribution in [3.05, 3.63) is 402 Å². The van der Waals surface area contributed by atoms with Crippen LogP contribution in [0.2, 0.25) is 0 Å². The standard InChI is InChI=1S/C111H95BN2/c1-107(2,3)83-61-80(62-84(67-83)108(4,5)6)78-57-59-97-99(63-78)113(105-91(74-39-21-14-22-40-74)68-85(109(7,8)9)69-92(105)75-41-23-15-24-42-75)101-65-81(72-37-19-13-20-38-72)66-102-104(101)112(97)98-60-58-79(64-100(98)114(102)106-93(76-43-25-16-26-44-76)70-86(110(10,11)12)71-94(106)77-45-27-17-28-46-77)88-53-36-54-90-89-52-33-34-55-96(89)111(103(88)90,82-49-29-18-30-50-82)95-56-35-48-73-47-31-32-51-87(73)95/h13-71H,1-12H3/i13D,19D,20D,37D,38D. The molecule has 0 spiro atoms. The zero-order valence-corrected chi connectivity index (χ0v) is 67.1. The number of fused-ring (bicyclic) bond motifs is 8. The Morgan fingerprint density at radius 2 is 0.649 bits per heavy atom. The molecule has 2 heterocycles. The first-order valence-electron chi connectivity index (χ1n) is 42.8. The van der Waals surface area contributed by atoms with Crippen LogP contribution < -0.4 is 26.2 Å². The highest BCUT2D eigenvalue weighted by molar-refractivity contribution is 7.00. The molecule has 0 radical (unpaired) electrons. The van der Waals surface area contributed by atoms with Crippen LogP contribution in [-0.2, 0) is 27.1 Å². The van der Waals surface area contributed by atoms with Gasteiger partial charge in [-0.3, -0.25) is 0 Å². The molecule has 1 atom stereocenters. The zero-order chi connectivity index (χ0) is 82.5. The second-order valence-corrected chi connectivity index (χ2v) is 35.6. The fraction of sp³-hybridized carbons (Fsp3) is 0.153. The van der Waals surface area contributed by atoms with Gasteiger partial charge in [0.25, 0.3) is 6.71 Å². The van der Waals surface area contributed by atoms with Gasteiger partial charge in [0.05, 0.1) is 23.6 Å². The third-order valence-electron chi connectivity index (χ3n) is 24.4. The van der Waals surface area contributed by atoms with Crippen LogP contribution in [0.15, 0.2) is 358 Å². The minimum atomic E-state index is -0.823. The van der Waals surface area contributed by atoms with E-state index in [2.05, 4.69) is 420 Å². The lowest BCUT2D eigenvalue weighted by Gasteiger charge is -2.46. The molecule has 0 saturated carbocycles. The second-order valence-electron chi connectivity index (χ2n) is 35.6. The van der Waals surface area contributed by atoms with Crippen LogP contribution in [0.3, 0.4) is 0 Å². The molecule has 0 amide bonds. The monoisotopic (exact) mass is 1470 g/mol. The Morgan fingerprint density at radius 3 is 1.15 bits per heavy atom. The summed E-state index contributed by atoms with van der Waals surface area (Å²) in [4.78, 5) is 5.07. The Kier molecular flexibility index (Phi) is 15.9. The van der Waals surface area contributed by atoms with Gasteiger partial charge in [0.1, 0.15) is 0 Å².